The zero-order chi connectivity index (χ0) is 37.1. The molecule has 0 radical (unpaired) electrons. The van der Waals surface area contributed by atoms with E-state index in [0.29, 0.717) is 0 Å². The van der Waals surface area contributed by atoms with Crippen LogP contribution in [0.3, 0.4) is 0 Å². The molecule has 0 saturated carbocycles. The quantitative estimate of drug-likeness (QED) is 0.147. The van der Waals surface area contributed by atoms with Crippen molar-refractivity contribution in [2.75, 3.05) is 9.80 Å². The Balaban J connectivity index is 1.25. The Bertz CT molecular complexity index is 2010. The number of benzene rings is 6. The van der Waals surface area contributed by atoms with Gasteiger partial charge < -0.3 is 9.80 Å². The molecule has 6 aromatic carbocycles. The third-order valence-electron chi connectivity index (χ3n) is 9.76. The Labute approximate surface area is 313 Å². The summed E-state index contributed by atoms with van der Waals surface area (Å²) < 4.78 is 0. The van der Waals surface area contributed by atoms with E-state index in [1.54, 1.807) is 0 Å². The second-order valence-corrected chi connectivity index (χ2v) is 16.9. The van der Waals surface area contributed by atoms with Gasteiger partial charge in [-0.15, -0.1) is 0 Å². The van der Waals surface area contributed by atoms with Crippen LogP contribution in [0.25, 0.3) is 12.2 Å². The van der Waals surface area contributed by atoms with Gasteiger partial charge in [-0.2, -0.15) is 0 Å². The number of hydrogen-bond donors (Lipinski definition) is 0. The number of anilines is 6. The van der Waals surface area contributed by atoms with E-state index in [1.165, 1.54) is 16.7 Å². The summed E-state index contributed by atoms with van der Waals surface area (Å²) in [4.78, 5) is 4.66. The van der Waals surface area contributed by atoms with Crippen molar-refractivity contribution >= 4 is 46.3 Å². The molecule has 0 aromatic heterocycles. The Hall–Kier alpha value is -5.34. The van der Waals surface area contributed by atoms with Crippen molar-refractivity contribution in [3.8, 4) is 0 Å². The first-order valence-corrected chi connectivity index (χ1v) is 18.5. The minimum absolute atomic E-state index is 0.103. The Morgan fingerprint density at radius 3 is 0.769 bits per heavy atom. The molecule has 2 heteroatoms. The van der Waals surface area contributed by atoms with Gasteiger partial charge in [0.15, 0.2) is 0 Å². The van der Waals surface area contributed by atoms with Crippen LogP contribution < -0.4 is 9.80 Å². The second-order valence-electron chi connectivity index (χ2n) is 16.9. The Morgan fingerprint density at radius 1 is 0.288 bits per heavy atom. The molecule has 0 N–H and O–H groups in total. The van der Waals surface area contributed by atoms with E-state index in [1.807, 2.05) is 0 Å². The number of nitrogens with zero attached hydrogens (tertiary/aromatic N) is 2. The van der Waals surface area contributed by atoms with Crippen molar-refractivity contribution in [3.05, 3.63) is 179 Å². The highest BCUT2D eigenvalue weighted by atomic mass is 15.1. The summed E-state index contributed by atoms with van der Waals surface area (Å²) in [5.41, 5.74) is 13.5. The van der Waals surface area contributed by atoms with E-state index in [4.69, 9.17) is 0 Å². The smallest absolute Gasteiger partial charge is 0.0462 e. The first kappa shape index (κ1) is 36.5. The summed E-state index contributed by atoms with van der Waals surface area (Å²) in [5.74, 6) is 0. The summed E-state index contributed by atoms with van der Waals surface area (Å²) in [6.07, 6.45) is 4.39. The maximum atomic E-state index is 2.35. The lowest BCUT2D eigenvalue weighted by atomic mass is 9.86. The monoisotopic (exact) mass is 682 g/mol. The van der Waals surface area contributed by atoms with Gasteiger partial charge in [0.1, 0.15) is 0 Å². The molecule has 0 bridgehead atoms. The van der Waals surface area contributed by atoms with E-state index in [-0.39, 0.29) is 16.2 Å². The molecule has 0 amide bonds. The second kappa shape index (κ2) is 14.7. The number of hydrogen-bond acceptors (Lipinski definition) is 2. The van der Waals surface area contributed by atoms with Crippen LogP contribution in [0.2, 0.25) is 0 Å². The summed E-state index contributed by atoms with van der Waals surface area (Å²) in [6.45, 7) is 20.3. The highest BCUT2D eigenvalue weighted by Gasteiger charge is 2.19. The Kier molecular flexibility index (Phi) is 10.3. The predicted molar refractivity (Wildman–Crippen MR) is 227 cm³/mol. The molecular weight excluding hydrogens is 629 g/mol. The molecule has 0 aliphatic heterocycles. The average molecular weight is 683 g/mol. The van der Waals surface area contributed by atoms with Crippen LogP contribution in [-0.2, 0) is 16.2 Å². The van der Waals surface area contributed by atoms with Gasteiger partial charge in [-0.05, 0) is 117 Å². The largest absolute Gasteiger partial charge is 0.311 e. The lowest BCUT2D eigenvalue weighted by Crippen LogP contribution is -2.14. The van der Waals surface area contributed by atoms with E-state index in [2.05, 4.69) is 236 Å². The lowest BCUT2D eigenvalue weighted by molar-refractivity contribution is 0.590. The van der Waals surface area contributed by atoms with Gasteiger partial charge in [0.25, 0.3) is 0 Å². The van der Waals surface area contributed by atoms with Crippen molar-refractivity contribution < 1.29 is 0 Å². The normalized spacial score (nSPS) is 12.2. The average Bonchev–Trinajstić information content (AvgIpc) is 3.12. The summed E-state index contributed by atoms with van der Waals surface area (Å²) in [7, 11) is 0. The van der Waals surface area contributed by atoms with Gasteiger partial charge in [-0.3, -0.25) is 0 Å². The lowest BCUT2D eigenvalue weighted by Gasteiger charge is -2.28. The van der Waals surface area contributed by atoms with Crippen LogP contribution in [-0.4, -0.2) is 0 Å². The third kappa shape index (κ3) is 8.57. The van der Waals surface area contributed by atoms with Crippen LogP contribution in [0, 0.1) is 0 Å². The molecule has 264 valence electrons. The van der Waals surface area contributed by atoms with Crippen LogP contribution in [0.5, 0.6) is 0 Å². The van der Waals surface area contributed by atoms with Gasteiger partial charge in [0, 0.05) is 34.1 Å². The molecule has 6 aromatic rings. The maximum Gasteiger partial charge on any atom is 0.0462 e. The predicted octanol–water partition coefficient (Wildman–Crippen LogP) is 14.7. The highest BCUT2D eigenvalue weighted by Crippen LogP contribution is 2.38. The van der Waals surface area contributed by atoms with Crippen LogP contribution in [0.4, 0.5) is 34.1 Å². The van der Waals surface area contributed by atoms with Gasteiger partial charge in [-0.1, -0.05) is 153 Å². The minimum atomic E-state index is 0.103. The van der Waals surface area contributed by atoms with Crippen molar-refractivity contribution in [2.24, 2.45) is 0 Å². The van der Waals surface area contributed by atoms with E-state index >= 15 is 0 Å². The molecule has 0 saturated heterocycles. The van der Waals surface area contributed by atoms with Gasteiger partial charge in [-0.25, -0.2) is 0 Å². The van der Waals surface area contributed by atoms with Gasteiger partial charge in [0.05, 0.1) is 0 Å². The minimum Gasteiger partial charge on any atom is -0.311 e. The van der Waals surface area contributed by atoms with Crippen LogP contribution >= 0.6 is 0 Å². The molecule has 2 nitrogen and oxygen atoms in total. The molecule has 0 atom stereocenters. The molecule has 0 unspecified atom stereocenters. The van der Waals surface area contributed by atoms with Crippen molar-refractivity contribution in [1.82, 2.24) is 0 Å². The fraction of sp³-hybridized carbons (Fsp3) is 0.240. The fourth-order valence-corrected chi connectivity index (χ4v) is 6.46. The molecule has 0 aliphatic rings. The van der Waals surface area contributed by atoms with E-state index < -0.39 is 0 Å². The summed E-state index contributed by atoms with van der Waals surface area (Å²) in [6, 6.07) is 55.2. The van der Waals surface area contributed by atoms with Crippen LogP contribution in [0.15, 0.2) is 152 Å². The summed E-state index contributed by atoms with van der Waals surface area (Å²) in [5, 5.41) is 0. The Morgan fingerprint density at radius 2 is 0.519 bits per heavy atom. The molecule has 0 spiro atoms. The highest BCUT2D eigenvalue weighted by molar-refractivity contribution is 5.80. The molecule has 52 heavy (non-hydrogen) atoms. The third-order valence-corrected chi connectivity index (χ3v) is 9.76. The maximum absolute atomic E-state index is 2.35. The van der Waals surface area contributed by atoms with Crippen molar-refractivity contribution in [1.29, 1.82) is 0 Å². The first-order valence-electron chi connectivity index (χ1n) is 18.5. The topological polar surface area (TPSA) is 6.48 Å². The summed E-state index contributed by atoms with van der Waals surface area (Å²) >= 11 is 0. The fourth-order valence-electron chi connectivity index (χ4n) is 6.46. The SMILES string of the molecule is CC(C)(C)c1ccc(N(c2ccccc2)c2ccc(/C=C/c3ccc(N(c4ccc(C(C)(C)C)cc4)c4ccc(C(C)(C)C)cc4)cc3)cc2)cc1. The zero-order valence-corrected chi connectivity index (χ0v) is 32.5. The molecular formula is C50H54N2. The number of para-hydroxylation sites is 1. The zero-order valence-electron chi connectivity index (χ0n) is 32.5. The molecule has 6 rings (SSSR count). The van der Waals surface area contributed by atoms with Crippen molar-refractivity contribution in [2.45, 2.75) is 78.6 Å². The standard InChI is InChI=1S/C50H54N2/c1-48(2,3)39-21-31-45(32-22-39)51(42-13-11-10-12-14-42)43-27-17-37(18-28-43)15-16-38-19-29-44(30-20-38)52(46-33-23-40(24-34-46)49(4,5)6)47-35-25-41(26-36-47)50(7,8)9/h10-36H,1-9H3/b16-15+. The van der Waals surface area contributed by atoms with Gasteiger partial charge in [0.2, 0.25) is 0 Å². The van der Waals surface area contributed by atoms with Gasteiger partial charge >= 0.3 is 0 Å². The molecule has 0 heterocycles. The molecule has 0 fully saturated rings. The van der Waals surface area contributed by atoms with Crippen LogP contribution in [0.1, 0.15) is 90.1 Å². The molecule has 0 aliphatic carbocycles. The first-order chi connectivity index (χ1) is 24.7. The number of rotatable bonds is 8. The van der Waals surface area contributed by atoms with Crippen molar-refractivity contribution in [3.63, 3.8) is 0 Å². The van der Waals surface area contributed by atoms with E-state index in [9.17, 15) is 0 Å². The van der Waals surface area contributed by atoms with E-state index in [0.717, 1.165) is 45.3 Å².